The summed E-state index contributed by atoms with van der Waals surface area (Å²) in [7, 11) is 0. The Morgan fingerprint density at radius 3 is 2.58 bits per heavy atom. The third kappa shape index (κ3) is 4.60. The van der Waals surface area contributed by atoms with E-state index in [0.717, 1.165) is 24.7 Å². The molecule has 0 atom stereocenters. The molecule has 1 aromatic heterocycles. The van der Waals surface area contributed by atoms with Crippen LogP contribution in [0.25, 0.3) is 0 Å². The van der Waals surface area contributed by atoms with E-state index in [1.807, 2.05) is 36.4 Å². The maximum Gasteiger partial charge on any atom is 0.234 e. The Kier molecular flexibility index (Phi) is 5.15. The van der Waals surface area contributed by atoms with Gasteiger partial charge in [-0.15, -0.1) is 0 Å². The van der Waals surface area contributed by atoms with Crippen molar-refractivity contribution >= 4 is 29.1 Å². The zero-order valence-electron chi connectivity index (χ0n) is 14.6. The largest absolute Gasteiger partial charge is 0.439 e. The highest BCUT2D eigenvalue weighted by atomic mass is 32.1. The molecule has 1 saturated carbocycles. The van der Waals surface area contributed by atoms with Crippen LogP contribution >= 0.6 is 12.2 Å². The molecule has 0 radical (unpaired) electrons. The number of para-hydroxylation sites is 1. The zero-order chi connectivity index (χ0) is 17.8. The van der Waals surface area contributed by atoms with Crippen molar-refractivity contribution < 1.29 is 4.74 Å². The molecule has 2 N–H and O–H groups in total. The van der Waals surface area contributed by atoms with Gasteiger partial charge in [0, 0.05) is 25.2 Å². The molecule has 0 spiro atoms. The minimum absolute atomic E-state index is 0.470. The summed E-state index contributed by atoms with van der Waals surface area (Å²) in [5, 5.41) is 6.93. The average Bonchev–Trinajstić information content (AvgIpc) is 3.47. The Hall–Kier alpha value is -2.41. The first-order valence-corrected chi connectivity index (χ1v) is 9.61. The summed E-state index contributed by atoms with van der Waals surface area (Å²) in [6.45, 7) is 2.01. The fourth-order valence-corrected chi connectivity index (χ4v) is 3.22. The lowest BCUT2D eigenvalue weighted by atomic mass is 10.1. The molecule has 136 valence electrons. The van der Waals surface area contributed by atoms with Gasteiger partial charge in [0.05, 0.1) is 0 Å². The zero-order valence-corrected chi connectivity index (χ0v) is 15.5. The number of hydrogen-bond acceptors (Lipinski definition) is 5. The van der Waals surface area contributed by atoms with Crippen molar-refractivity contribution in [3.8, 4) is 11.6 Å². The highest BCUT2D eigenvalue weighted by Gasteiger charge is 2.22. The van der Waals surface area contributed by atoms with Crippen LogP contribution in [0.3, 0.4) is 0 Å². The average molecular weight is 369 g/mol. The number of nitrogens with one attached hydrogen (secondary N) is 2. The third-order valence-corrected chi connectivity index (χ3v) is 4.69. The monoisotopic (exact) mass is 369 g/mol. The van der Waals surface area contributed by atoms with Crippen molar-refractivity contribution in [2.24, 2.45) is 0 Å². The van der Waals surface area contributed by atoms with Crippen LogP contribution in [0.1, 0.15) is 32.1 Å². The van der Waals surface area contributed by atoms with E-state index in [1.54, 1.807) is 0 Å². The molecule has 2 heterocycles. The van der Waals surface area contributed by atoms with Crippen molar-refractivity contribution in [2.45, 2.75) is 38.1 Å². The Bertz CT molecular complexity index is 760. The van der Waals surface area contributed by atoms with E-state index in [0.29, 0.717) is 23.0 Å². The number of rotatable bonds is 5. The number of aromatic nitrogens is 2. The third-order valence-electron chi connectivity index (χ3n) is 4.47. The quantitative estimate of drug-likeness (QED) is 0.779. The number of benzene rings is 1. The summed E-state index contributed by atoms with van der Waals surface area (Å²) in [5.74, 6) is 2.61. The molecule has 4 rings (SSSR count). The van der Waals surface area contributed by atoms with Gasteiger partial charge in [-0.2, -0.15) is 9.97 Å². The van der Waals surface area contributed by atoms with Crippen molar-refractivity contribution in [3.05, 3.63) is 36.4 Å². The van der Waals surface area contributed by atoms with Crippen LogP contribution < -0.4 is 20.3 Å². The summed E-state index contributed by atoms with van der Waals surface area (Å²) in [5.41, 5.74) is 0. The molecule has 26 heavy (non-hydrogen) atoms. The van der Waals surface area contributed by atoms with Crippen LogP contribution in [0.2, 0.25) is 0 Å². The molecule has 1 aliphatic heterocycles. The lowest BCUT2D eigenvalue weighted by Crippen LogP contribution is -2.32. The van der Waals surface area contributed by atoms with E-state index in [4.69, 9.17) is 17.0 Å². The van der Waals surface area contributed by atoms with E-state index in [9.17, 15) is 0 Å². The van der Waals surface area contributed by atoms with Crippen LogP contribution in [0.4, 0.5) is 11.8 Å². The molecule has 1 aliphatic carbocycles. The predicted octanol–water partition coefficient (Wildman–Crippen LogP) is 3.71. The van der Waals surface area contributed by atoms with Crippen LogP contribution in [0.15, 0.2) is 36.4 Å². The fourth-order valence-electron chi connectivity index (χ4n) is 2.97. The van der Waals surface area contributed by atoms with Gasteiger partial charge in [-0.1, -0.05) is 18.2 Å². The van der Waals surface area contributed by atoms with Gasteiger partial charge < -0.3 is 20.3 Å². The first-order chi connectivity index (χ1) is 12.8. The Morgan fingerprint density at radius 2 is 1.85 bits per heavy atom. The standard InChI is InChI=1S/C19H23N5OS/c26-19(20-14-9-10-14)23-18-21-16(24-11-5-2-6-12-24)13-17(22-18)25-15-7-3-1-4-8-15/h1,3-4,7-8,13-14H,2,5-6,9-12H2,(H2,20,21,22,23,26). The highest BCUT2D eigenvalue weighted by molar-refractivity contribution is 7.80. The number of hydrogen-bond donors (Lipinski definition) is 2. The molecular weight excluding hydrogens is 346 g/mol. The minimum atomic E-state index is 0.470. The van der Waals surface area contributed by atoms with Gasteiger partial charge in [0.1, 0.15) is 11.6 Å². The number of nitrogens with zero attached hydrogens (tertiary/aromatic N) is 3. The van der Waals surface area contributed by atoms with Gasteiger partial charge in [0.2, 0.25) is 11.8 Å². The van der Waals surface area contributed by atoms with Gasteiger partial charge in [0.25, 0.3) is 0 Å². The second-order valence-corrected chi connectivity index (χ2v) is 7.13. The highest BCUT2D eigenvalue weighted by Crippen LogP contribution is 2.26. The van der Waals surface area contributed by atoms with E-state index < -0.39 is 0 Å². The Morgan fingerprint density at radius 1 is 1.08 bits per heavy atom. The maximum absolute atomic E-state index is 5.94. The molecule has 6 nitrogen and oxygen atoms in total. The van der Waals surface area contributed by atoms with Crippen LogP contribution in [-0.2, 0) is 0 Å². The van der Waals surface area contributed by atoms with Crippen molar-refractivity contribution in [1.29, 1.82) is 0 Å². The number of anilines is 2. The molecule has 2 aliphatic rings. The van der Waals surface area contributed by atoms with Gasteiger partial charge >= 0.3 is 0 Å². The lowest BCUT2D eigenvalue weighted by molar-refractivity contribution is 0.461. The maximum atomic E-state index is 5.94. The Labute approximate surface area is 159 Å². The molecule has 2 fully saturated rings. The number of piperidine rings is 1. The van der Waals surface area contributed by atoms with Gasteiger partial charge in [-0.05, 0) is 56.5 Å². The van der Waals surface area contributed by atoms with Crippen molar-refractivity contribution in [3.63, 3.8) is 0 Å². The number of thiocarbonyl (C=S) groups is 1. The molecule has 1 saturated heterocycles. The predicted molar refractivity (Wildman–Crippen MR) is 107 cm³/mol. The fraction of sp³-hybridized carbons (Fsp3) is 0.421. The summed E-state index contributed by atoms with van der Waals surface area (Å²) in [6.07, 6.45) is 5.97. The first-order valence-electron chi connectivity index (χ1n) is 9.21. The van der Waals surface area contributed by atoms with E-state index in [2.05, 4.69) is 25.5 Å². The minimum Gasteiger partial charge on any atom is -0.439 e. The molecule has 7 heteroatoms. The molecule has 2 aromatic rings. The summed E-state index contributed by atoms with van der Waals surface area (Å²) in [6, 6.07) is 12.1. The van der Waals surface area contributed by atoms with E-state index in [-0.39, 0.29) is 0 Å². The van der Waals surface area contributed by atoms with Gasteiger partial charge in [0.15, 0.2) is 5.11 Å². The lowest BCUT2D eigenvalue weighted by Gasteiger charge is -2.28. The second kappa shape index (κ2) is 7.86. The molecule has 0 amide bonds. The molecule has 0 bridgehead atoms. The van der Waals surface area contributed by atoms with E-state index >= 15 is 0 Å². The van der Waals surface area contributed by atoms with E-state index in [1.165, 1.54) is 32.1 Å². The summed E-state index contributed by atoms with van der Waals surface area (Å²) in [4.78, 5) is 11.4. The normalized spacial score (nSPS) is 16.8. The molecule has 1 aromatic carbocycles. The summed E-state index contributed by atoms with van der Waals surface area (Å²) < 4.78 is 5.94. The van der Waals surface area contributed by atoms with Crippen molar-refractivity contribution in [2.75, 3.05) is 23.3 Å². The SMILES string of the molecule is S=C(Nc1nc(Oc2ccccc2)cc(N2CCCCC2)n1)NC1CC1. The van der Waals surface area contributed by atoms with Crippen LogP contribution in [0, 0.1) is 0 Å². The van der Waals surface area contributed by atoms with Gasteiger partial charge in [-0.3, -0.25) is 0 Å². The smallest absolute Gasteiger partial charge is 0.234 e. The Balaban J connectivity index is 1.56. The molecule has 0 unspecified atom stereocenters. The van der Waals surface area contributed by atoms with Crippen LogP contribution in [-0.4, -0.2) is 34.2 Å². The van der Waals surface area contributed by atoms with Gasteiger partial charge in [-0.25, -0.2) is 0 Å². The summed E-state index contributed by atoms with van der Waals surface area (Å²) >= 11 is 5.37. The number of ether oxygens (including phenoxy) is 1. The van der Waals surface area contributed by atoms with Crippen molar-refractivity contribution in [1.82, 2.24) is 15.3 Å². The first kappa shape index (κ1) is 17.0. The second-order valence-electron chi connectivity index (χ2n) is 6.72. The molecular formula is C19H23N5OS. The van der Waals surface area contributed by atoms with Crippen LogP contribution in [0.5, 0.6) is 11.6 Å². The topological polar surface area (TPSA) is 62.3 Å².